The summed E-state index contributed by atoms with van der Waals surface area (Å²) < 4.78 is 5.93. The molecule has 0 spiro atoms. The number of hydrogen-bond acceptors (Lipinski definition) is 3. The summed E-state index contributed by atoms with van der Waals surface area (Å²) in [6.45, 7) is 1.95. The Bertz CT molecular complexity index is 1210. The van der Waals surface area contributed by atoms with Crippen LogP contribution in [0.4, 0.5) is 0 Å². The molecule has 7 heteroatoms. The van der Waals surface area contributed by atoms with E-state index in [0.717, 1.165) is 31.2 Å². The van der Waals surface area contributed by atoms with E-state index in [2.05, 4.69) is 10.6 Å². The summed E-state index contributed by atoms with van der Waals surface area (Å²) in [4.78, 5) is 26.0. The van der Waals surface area contributed by atoms with Crippen LogP contribution in [0.5, 0.6) is 0 Å². The maximum atomic E-state index is 13.1. The summed E-state index contributed by atoms with van der Waals surface area (Å²) >= 11 is 12.3. The topological polar surface area (TPSA) is 71.3 Å². The lowest BCUT2D eigenvalue weighted by atomic mass is 9.95. The zero-order valence-electron chi connectivity index (χ0n) is 18.9. The van der Waals surface area contributed by atoms with Gasteiger partial charge < -0.3 is 15.1 Å². The number of halogens is 2. The molecule has 0 radical (unpaired) electrons. The van der Waals surface area contributed by atoms with Crippen molar-refractivity contribution in [2.45, 2.75) is 45.1 Å². The fraction of sp³-hybridized carbons (Fsp3) is 0.259. The van der Waals surface area contributed by atoms with Crippen LogP contribution in [0.3, 0.4) is 0 Å². The van der Waals surface area contributed by atoms with Crippen molar-refractivity contribution in [1.29, 1.82) is 0 Å². The molecule has 0 aliphatic heterocycles. The average molecular weight is 497 g/mol. The number of carbonyl (C=O) groups excluding carboxylic acids is 2. The Hall–Kier alpha value is -3.02. The molecule has 2 N–H and O–H groups in total. The highest BCUT2D eigenvalue weighted by Gasteiger charge is 2.21. The van der Waals surface area contributed by atoms with E-state index in [-0.39, 0.29) is 23.6 Å². The van der Waals surface area contributed by atoms with E-state index in [4.69, 9.17) is 27.6 Å². The molecular formula is C27H26Cl2N2O3. The maximum Gasteiger partial charge on any atom is 0.268 e. The van der Waals surface area contributed by atoms with Gasteiger partial charge in [0.25, 0.3) is 11.8 Å². The fourth-order valence-corrected chi connectivity index (χ4v) is 4.48. The third-order valence-corrected chi connectivity index (χ3v) is 6.40. The van der Waals surface area contributed by atoms with Crippen LogP contribution >= 0.6 is 23.2 Å². The predicted octanol–water partition coefficient (Wildman–Crippen LogP) is 6.78. The number of amides is 2. The van der Waals surface area contributed by atoms with Crippen LogP contribution in [0.2, 0.25) is 10.0 Å². The van der Waals surface area contributed by atoms with Gasteiger partial charge in [0, 0.05) is 28.3 Å². The maximum absolute atomic E-state index is 13.1. The van der Waals surface area contributed by atoms with Crippen LogP contribution in [0.1, 0.15) is 53.8 Å². The first-order valence-electron chi connectivity index (χ1n) is 11.3. The Morgan fingerprint density at radius 1 is 0.971 bits per heavy atom. The van der Waals surface area contributed by atoms with Gasteiger partial charge in [0.2, 0.25) is 0 Å². The minimum absolute atomic E-state index is 0.0981. The Balaban J connectivity index is 1.60. The molecule has 3 aromatic rings. The van der Waals surface area contributed by atoms with E-state index in [9.17, 15) is 9.59 Å². The normalized spacial score (nSPS) is 14.6. The lowest BCUT2D eigenvalue weighted by Gasteiger charge is -2.23. The molecular weight excluding hydrogens is 471 g/mol. The molecule has 1 fully saturated rings. The highest BCUT2D eigenvalue weighted by molar-refractivity contribution is 6.36. The van der Waals surface area contributed by atoms with Crippen molar-refractivity contribution >= 4 is 41.1 Å². The van der Waals surface area contributed by atoms with E-state index in [1.54, 1.807) is 42.5 Å². The summed E-state index contributed by atoms with van der Waals surface area (Å²) in [6.07, 6.45) is 6.77. The third-order valence-electron chi connectivity index (χ3n) is 5.86. The first-order chi connectivity index (χ1) is 16.4. The van der Waals surface area contributed by atoms with Crippen LogP contribution in [0.25, 0.3) is 17.4 Å². The smallest absolute Gasteiger partial charge is 0.268 e. The van der Waals surface area contributed by atoms with E-state index in [1.165, 1.54) is 12.5 Å². The molecule has 34 heavy (non-hydrogen) atoms. The lowest BCUT2D eigenvalue weighted by molar-refractivity contribution is -0.118. The van der Waals surface area contributed by atoms with Crippen LogP contribution in [0, 0.1) is 6.92 Å². The van der Waals surface area contributed by atoms with Gasteiger partial charge in [0.1, 0.15) is 17.2 Å². The summed E-state index contributed by atoms with van der Waals surface area (Å²) in [5, 5.41) is 6.81. The number of benzene rings is 2. The third kappa shape index (κ3) is 6.10. The van der Waals surface area contributed by atoms with Crippen LogP contribution in [-0.2, 0) is 4.79 Å². The number of aryl methyl sites for hydroxylation is 1. The van der Waals surface area contributed by atoms with Gasteiger partial charge in [-0.2, -0.15) is 0 Å². The Morgan fingerprint density at radius 2 is 1.71 bits per heavy atom. The van der Waals surface area contributed by atoms with Gasteiger partial charge in [0.05, 0.1) is 5.02 Å². The fourth-order valence-electron chi connectivity index (χ4n) is 3.97. The van der Waals surface area contributed by atoms with Crippen molar-refractivity contribution < 1.29 is 14.0 Å². The molecule has 0 bridgehead atoms. The molecule has 0 atom stereocenters. The molecule has 1 heterocycles. The molecule has 1 saturated carbocycles. The number of carbonyl (C=O) groups is 2. The van der Waals surface area contributed by atoms with Gasteiger partial charge in [0.15, 0.2) is 0 Å². The summed E-state index contributed by atoms with van der Waals surface area (Å²) in [6, 6.07) is 15.9. The van der Waals surface area contributed by atoms with Crippen molar-refractivity contribution in [2.24, 2.45) is 0 Å². The quantitative estimate of drug-likeness (QED) is 0.369. The van der Waals surface area contributed by atoms with Gasteiger partial charge in [-0.15, -0.1) is 0 Å². The number of nitrogens with one attached hydrogen (secondary N) is 2. The Labute approximate surface area is 209 Å². The molecule has 0 saturated heterocycles. The average Bonchev–Trinajstić information content (AvgIpc) is 3.28. The van der Waals surface area contributed by atoms with Gasteiger partial charge in [-0.1, -0.05) is 60.2 Å². The molecule has 5 nitrogen and oxygen atoms in total. The van der Waals surface area contributed by atoms with Gasteiger partial charge in [-0.25, -0.2) is 0 Å². The molecule has 2 aromatic carbocycles. The van der Waals surface area contributed by atoms with Gasteiger partial charge in [-0.3, -0.25) is 9.59 Å². The minimum atomic E-state index is -0.363. The van der Waals surface area contributed by atoms with E-state index in [1.807, 2.05) is 19.1 Å². The van der Waals surface area contributed by atoms with Crippen LogP contribution in [-0.4, -0.2) is 17.9 Å². The van der Waals surface area contributed by atoms with E-state index in [0.29, 0.717) is 32.7 Å². The SMILES string of the molecule is Cc1ccc(C(=O)N/C(=C\c2ccc(-c3ccc(Cl)cc3Cl)o2)C(=O)NC2CCCCC2)cc1. The second-order valence-corrected chi connectivity index (χ2v) is 9.36. The Kier molecular flexibility index (Phi) is 7.76. The standard InChI is InChI=1S/C27H26Cl2N2O3/c1-17-7-9-18(10-8-17)26(32)31-24(27(33)30-20-5-3-2-4-6-20)16-21-12-14-25(34-21)22-13-11-19(28)15-23(22)29/h7-16,20H,2-6H2,1H3,(H,30,33)(H,31,32)/b24-16-. The van der Waals surface area contributed by atoms with Gasteiger partial charge in [-0.05, 0) is 62.2 Å². The van der Waals surface area contributed by atoms with Crippen molar-refractivity contribution in [3.63, 3.8) is 0 Å². The van der Waals surface area contributed by atoms with Crippen molar-refractivity contribution in [3.05, 3.63) is 87.2 Å². The monoisotopic (exact) mass is 496 g/mol. The molecule has 4 rings (SSSR count). The van der Waals surface area contributed by atoms with Crippen LogP contribution in [0.15, 0.2) is 64.7 Å². The second kappa shape index (κ2) is 10.9. The number of rotatable bonds is 6. The van der Waals surface area contributed by atoms with E-state index >= 15 is 0 Å². The first kappa shape index (κ1) is 24.1. The highest BCUT2D eigenvalue weighted by Crippen LogP contribution is 2.32. The van der Waals surface area contributed by atoms with Crippen molar-refractivity contribution in [3.8, 4) is 11.3 Å². The van der Waals surface area contributed by atoms with Gasteiger partial charge >= 0.3 is 0 Å². The molecule has 1 aliphatic carbocycles. The molecule has 176 valence electrons. The van der Waals surface area contributed by atoms with Crippen molar-refractivity contribution in [2.75, 3.05) is 0 Å². The molecule has 0 unspecified atom stereocenters. The summed E-state index contributed by atoms with van der Waals surface area (Å²) in [5.74, 6) is 0.247. The number of furan rings is 1. The number of hydrogen-bond donors (Lipinski definition) is 2. The predicted molar refractivity (Wildman–Crippen MR) is 136 cm³/mol. The second-order valence-electron chi connectivity index (χ2n) is 8.51. The Morgan fingerprint density at radius 3 is 2.41 bits per heavy atom. The largest absolute Gasteiger partial charge is 0.457 e. The zero-order valence-corrected chi connectivity index (χ0v) is 20.4. The molecule has 2 amide bonds. The summed E-state index contributed by atoms with van der Waals surface area (Å²) in [7, 11) is 0. The van der Waals surface area contributed by atoms with Crippen molar-refractivity contribution in [1.82, 2.24) is 10.6 Å². The lowest BCUT2D eigenvalue weighted by Crippen LogP contribution is -2.41. The molecule has 1 aliphatic rings. The highest BCUT2D eigenvalue weighted by atomic mass is 35.5. The summed E-state index contributed by atoms with van der Waals surface area (Å²) in [5.41, 5.74) is 2.32. The van der Waals surface area contributed by atoms with Crippen LogP contribution < -0.4 is 10.6 Å². The molecule has 1 aromatic heterocycles. The zero-order chi connectivity index (χ0) is 24.1. The van der Waals surface area contributed by atoms with E-state index < -0.39 is 0 Å². The minimum Gasteiger partial charge on any atom is -0.457 e. The first-order valence-corrected chi connectivity index (χ1v) is 12.1.